The molecule has 2 aromatic rings. The molecule has 30 heavy (non-hydrogen) atoms. The van der Waals surface area contributed by atoms with E-state index in [4.69, 9.17) is 18.6 Å². The molecule has 1 atom stereocenters. The van der Waals surface area contributed by atoms with E-state index < -0.39 is 29.2 Å². The lowest BCUT2D eigenvalue weighted by Gasteiger charge is -2.33. The monoisotopic (exact) mass is 417 g/mol. The van der Waals surface area contributed by atoms with Crippen LogP contribution in [0.3, 0.4) is 0 Å². The van der Waals surface area contributed by atoms with Gasteiger partial charge in [-0.1, -0.05) is 0 Å². The van der Waals surface area contributed by atoms with Crippen LogP contribution in [0.25, 0.3) is 11.0 Å². The van der Waals surface area contributed by atoms with Crippen LogP contribution in [0.1, 0.15) is 39.2 Å². The quantitative estimate of drug-likeness (QED) is 0.555. The lowest BCUT2D eigenvalue weighted by atomic mass is 9.98. The van der Waals surface area contributed by atoms with Gasteiger partial charge in [0.2, 0.25) is 0 Å². The summed E-state index contributed by atoms with van der Waals surface area (Å²) in [5.41, 5.74) is -0.211. The number of rotatable bonds is 4. The molecule has 0 aliphatic carbocycles. The normalized spacial score (nSPS) is 16.9. The van der Waals surface area contributed by atoms with Crippen LogP contribution in [-0.4, -0.2) is 42.8 Å². The van der Waals surface area contributed by atoms with E-state index in [0.717, 1.165) is 0 Å². The van der Waals surface area contributed by atoms with Crippen LogP contribution in [0, 0.1) is 5.92 Å². The number of piperidine rings is 1. The number of carbonyl (C=O) groups is 2. The second kappa shape index (κ2) is 8.77. The molecule has 0 spiro atoms. The van der Waals surface area contributed by atoms with Gasteiger partial charge in [0.15, 0.2) is 0 Å². The molecule has 1 amide bonds. The highest BCUT2D eigenvalue weighted by Crippen LogP contribution is 2.24. The highest BCUT2D eigenvalue weighted by Gasteiger charge is 2.32. The maximum atomic E-state index is 12.6. The highest BCUT2D eigenvalue weighted by atomic mass is 16.6. The van der Waals surface area contributed by atoms with Crippen molar-refractivity contribution in [3.8, 4) is 5.75 Å². The summed E-state index contributed by atoms with van der Waals surface area (Å²) < 4.78 is 21.2. The van der Waals surface area contributed by atoms with E-state index in [9.17, 15) is 14.4 Å². The number of ether oxygens (including phenoxy) is 3. The van der Waals surface area contributed by atoms with Crippen molar-refractivity contribution in [3.63, 3.8) is 0 Å². The van der Waals surface area contributed by atoms with Gasteiger partial charge in [-0.15, -0.1) is 0 Å². The first-order valence-corrected chi connectivity index (χ1v) is 9.91. The van der Waals surface area contributed by atoms with Crippen molar-refractivity contribution in [2.75, 3.05) is 20.2 Å². The summed E-state index contributed by atoms with van der Waals surface area (Å²) in [6.07, 6.45) is 0.893. The van der Waals surface area contributed by atoms with Crippen molar-refractivity contribution in [1.82, 2.24) is 4.90 Å². The summed E-state index contributed by atoms with van der Waals surface area (Å²) in [5.74, 6) is -0.278. The molecule has 0 N–H and O–H groups in total. The Morgan fingerprint density at radius 1 is 1.23 bits per heavy atom. The molecule has 8 heteroatoms. The molecule has 1 aromatic carbocycles. The van der Waals surface area contributed by atoms with E-state index in [1.54, 1.807) is 43.9 Å². The van der Waals surface area contributed by atoms with Gasteiger partial charge in [0, 0.05) is 36.2 Å². The van der Waals surface area contributed by atoms with Crippen molar-refractivity contribution in [1.29, 1.82) is 0 Å². The van der Waals surface area contributed by atoms with Crippen molar-refractivity contribution in [2.45, 2.75) is 45.8 Å². The molecular weight excluding hydrogens is 390 g/mol. The number of carbonyl (C=O) groups excluding carboxylic acids is 2. The van der Waals surface area contributed by atoms with Crippen molar-refractivity contribution in [3.05, 3.63) is 40.2 Å². The van der Waals surface area contributed by atoms with Crippen molar-refractivity contribution < 1.29 is 28.2 Å². The average molecular weight is 417 g/mol. The number of hydrogen-bond donors (Lipinski definition) is 0. The van der Waals surface area contributed by atoms with E-state index in [-0.39, 0.29) is 13.2 Å². The Kier molecular flexibility index (Phi) is 6.34. The summed E-state index contributed by atoms with van der Waals surface area (Å²) in [4.78, 5) is 38.3. The third kappa shape index (κ3) is 5.31. The number of likely N-dealkylation sites (tertiary alicyclic amines) is 1. The Hall–Kier alpha value is -3.03. The van der Waals surface area contributed by atoms with E-state index >= 15 is 0 Å². The molecule has 1 aliphatic heterocycles. The van der Waals surface area contributed by atoms with Gasteiger partial charge < -0.3 is 23.5 Å². The summed E-state index contributed by atoms with van der Waals surface area (Å²) in [6.45, 7) is 6.15. The third-order valence-corrected chi connectivity index (χ3v) is 4.81. The topological polar surface area (TPSA) is 95.3 Å². The molecule has 0 unspecified atom stereocenters. The van der Waals surface area contributed by atoms with Crippen molar-refractivity contribution >= 4 is 23.0 Å². The van der Waals surface area contributed by atoms with Crippen LogP contribution in [-0.2, 0) is 20.9 Å². The van der Waals surface area contributed by atoms with Crippen LogP contribution < -0.4 is 10.4 Å². The number of amides is 1. The zero-order valence-electron chi connectivity index (χ0n) is 17.7. The number of fused-ring (bicyclic) bond motifs is 1. The maximum absolute atomic E-state index is 12.6. The minimum atomic E-state index is -0.595. The molecule has 2 heterocycles. The second-order valence-corrected chi connectivity index (χ2v) is 8.33. The smallest absolute Gasteiger partial charge is 0.410 e. The first-order valence-electron chi connectivity index (χ1n) is 9.91. The van der Waals surface area contributed by atoms with Gasteiger partial charge in [-0.3, -0.25) is 4.79 Å². The predicted octanol–water partition coefficient (Wildman–Crippen LogP) is 3.49. The Labute approximate surface area is 174 Å². The minimum Gasteiger partial charge on any atom is -0.497 e. The van der Waals surface area contributed by atoms with Gasteiger partial charge in [-0.05, 0) is 45.7 Å². The van der Waals surface area contributed by atoms with Crippen LogP contribution >= 0.6 is 0 Å². The first-order chi connectivity index (χ1) is 14.2. The van der Waals surface area contributed by atoms with Crippen molar-refractivity contribution in [2.24, 2.45) is 5.92 Å². The lowest BCUT2D eigenvalue weighted by molar-refractivity contribution is -0.151. The fourth-order valence-electron chi connectivity index (χ4n) is 3.39. The van der Waals surface area contributed by atoms with Crippen LogP contribution in [0.5, 0.6) is 5.75 Å². The second-order valence-electron chi connectivity index (χ2n) is 8.33. The third-order valence-electron chi connectivity index (χ3n) is 4.81. The van der Waals surface area contributed by atoms with Gasteiger partial charge in [0.1, 0.15) is 23.5 Å². The molecule has 1 fully saturated rings. The highest BCUT2D eigenvalue weighted by molar-refractivity contribution is 5.82. The standard InChI is InChI=1S/C22H27NO7/c1-22(2,3)30-21(26)23-9-5-6-14(12-23)20(25)28-13-15-10-19(24)29-18-11-16(27-4)7-8-17(15)18/h7-8,10-11,14H,5-6,9,12-13H2,1-4H3/t14-/m1/s1. The number of esters is 1. The Bertz CT molecular complexity index is 989. The maximum Gasteiger partial charge on any atom is 0.410 e. The Balaban J connectivity index is 1.67. The lowest BCUT2D eigenvalue weighted by Crippen LogP contribution is -2.45. The average Bonchev–Trinajstić information content (AvgIpc) is 2.69. The SMILES string of the molecule is COc1ccc2c(COC(=O)[C@@H]3CCCN(C(=O)OC(C)(C)C)C3)cc(=O)oc2c1. The van der Waals surface area contributed by atoms with E-state index in [1.165, 1.54) is 13.2 Å². The Morgan fingerprint density at radius 3 is 2.70 bits per heavy atom. The van der Waals surface area contributed by atoms with Gasteiger partial charge in [0.05, 0.1) is 13.0 Å². The molecule has 0 bridgehead atoms. The number of nitrogens with zero attached hydrogens (tertiary/aromatic N) is 1. The molecular formula is C22H27NO7. The van der Waals surface area contributed by atoms with Crippen LogP contribution in [0.15, 0.2) is 33.5 Å². The molecule has 162 valence electrons. The van der Waals surface area contributed by atoms with E-state index in [0.29, 0.717) is 41.7 Å². The fourth-order valence-corrected chi connectivity index (χ4v) is 3.39. The van der Waals surface area contributed by atoms with Gasteiger partial charge in [-0.25, -0.2) is 9.59 Å². The summed E-state index contributed by atoms with van der Waals surface area (Å²) in [7, 11) is 1.52. The Morgan fingerprint density at radius 2 is 2.00 bits per heavy atom. The summed E-state index contributed by atoms with van der Waals surface area (Å²) in [5, 5.41) is 0.669. The van der Waals surface area contributed by atoms with E-state index in [2.05, 4.69) is 0 Å². The first kappa shape index (κ1) is 21.7. The molecule has 0 saturated carbocycles. The van der Waals surface area contributed by atoms with Crippen LogP contribution in [0.4, 0.5) is 4.79 Å². The van der Waals surface area contributed by atoms with Gasteiger partial charge in [0.25, 0.3) is 0 Å². The van der Waals surface area contributed by atoms with Gasteiger partial charge >= 0.3 is 17.7 Å². The number of hydrogen-bond acceptors (Lipinski definition) is 7. The molecule has 1 aromatic heterocycles. The van der Waals surface area contributed by atoms with Crippen LogP contribution in [0.2, 0.25) is 0 Å². The largest absolute Gasteiger partial charge is 0.497 e. The predicted molar refractivity (Wildman–Crippen MR) is 109 cm³/mol. The van der Waals surface area contributed by atoms with E-state index in [1.807, 2.05) is 0 Å². The molecule has 1 saturated heterocycles. The molecule has 0 radical (unpaired) electrons. The fraction of sp³-hybridized carbons (Fsp3) is 0.500. The molecule has 8 nitrogen and oxygen atoms in total. The summed E-state index contributed by atoms with van der Waals surface area (Å²) >= 11 is 0. The molecule has 3 rings (SSSR count). The number of methoxy groups -OCH3 is 1. The molecule has 1 aliphatic rings. The number of benzene rings is 1. The van der Waals surface area contributed by atoms with Gasteiger partial charge in [-0.2, -0.15) is 0 Å². The zero-order valence-corrected chi connectivity index (χ0v) is 17.7. The zero-order chi connectivity index (χ0) is 21.9. The minimum absolute atomic E-state index is 0.0593. The summed E-state index contributed by atoms with van der Waals surface area (Å²) in [6, 6.07) is 6.43.